The first kappa shape index (κ1) is 15.3. The van der Waals surface area contributed by atoms with Crippen LogP contribution in [0.3, 0.4) is 0 Å². The van der Waals surface area contributed by atoms with E-state index in [-0.39, 0.29) is 0 Å². The van der Waals surface area contributed by atoms with E-state index in [1.165, 1.54) is 30.4 Å². The normalized spacial score (nSPS) is 14.8. The summed E-state index contributed by atoms with van der Waals surface area (Å²) < 4.78 is 5.78. The van der Waals surface area contributed by atoms with Crippen LogP contribution in [0.15, 0.2) is 4.42 Å². The van der Waals surface area contributed by atoms with Crippen molar-refractivity contribution in [2.75, 3.05) is 6.54 Å². The van der Waals surface area contributed by atoms with Crippen LogP contribution in [-0.2, 0) is 0 Å². The smallest absolute Gasteiger partial charge is 0.106 e. The fraction of sp³-hybridized carbons (Fsp3) is 0.750. The molecule has 0 saturated carbocycles. The molecule has 2 heteroatoms. The third kappa shape index (κ3) is 3.61. The molecule has 1 aromatic heterocycles. The summed E-state index contributed by atoms with van der Waals surface area (Å²) in [5, 5.41) is 3.69. The summed E-state index contributed by atoms with van der Waals surface area (Å²) in [4.78, 5) is 0. The Labute approximate surface area is 112 Å². The van der Waals surface area contributed by atoms with Crippen molar-refractivity contribution in [3.8, 4) is 0 Å². The molecule has 0 bridgehead atoms. The van der Waals surface area contributed by atoms with E-state index in [4.69, 9.17) is 4.42 Å². The fourth-order valence-corrected chi connectivity index (χ4v) is 2.51. The van der Waals surface area contributed by atoms with Crippen molar-refractivity contribution in [3.05, 3.63) is 22.6 Å². The van der Waals surface area contributed by atoms with E-state index in [0.717, 1.165) is 24.0 Å². The summed E-state index contributed by atoms with van der Waals surface area (Å²) in [6, 6.07) is 0.442. The molecular formula is C16H29NO. The highest BCUT2D eigenvalue weighted by Crippen LogP contribution is 2.31. The van der Waals surface area contributed by atoms with Crippen LogP contribution in [0.4, 0.5) is 0 Å². The molecule has 1 N–H and O–H groups in total. The molecule has 2 nitrogen and oxygen atoms in total. The second-order valence-corrected chi connectivity index (χ2v) is 5.51. The number of aryl methyl sites for hydroxylation is 2. The van der Waals surface area contributed by atoms with Gasteiger partial charge in [0.2, 0.25) is 0 Å². The molecule has 1 aromatic rings. The third-order valence-electron chi connectivity index (χ3n) is 3.94. The number of furan rings is 1. The molecule has 0 aliphatic heterocycles. The number of hydrogen-bond donors (Lipinski definition) is 1. The molecule has 0 radical (unpaired) electrons. The summed E-state index contributed by atoms with van der Waals surface area (Å²) in [5.41, 5.74) is 2.71. The Balaban J connectivity index is 2.93. The topological polar surface area (TPSA) is 25.2 Å². The van der Waals surface area contributed by atoms with E-state index in [1.54, 1.807) is 0 Å². The van der Waals surface area contributed by atoms with Crippen LogP contribution < -0.4 is 5.32 Å². The largest absolute Gasteiger partial charge is 0.466 e. The van der Waals surface area contributed by atoms with Gasteiger partial charge < -0.3 is 9.73 Å². The minimum Gasteiger partial charge on any atom is -0.466 e. The summed E-state index contributed by atoms with van der Waals surface area (Å²) in [6.07, 6.45) is 3.60. The predicted molar refractivity (Wildman–Crippen MR) is 78.0 cm³/mol. The van der Waals surface area contributed by atoms with Crippen LogP contribution in [0.2, 0.25) is 0 Å². The minimum absolute atomic E-state index is 0.442. The molecule has 18 heavy (non-hydrogen) atoms. The van der Waals surface area contributed by atoms with Crippen molar-refractivity contribution < 1.29 is 4.42 Å². The van der Waals surface area contributed by atoms with Crippen LogP contribution in [0.25, 0.3) is 0 Å². The maximum atomic E-state index is 5.78. The minimum atomic E-state index is 0.442. The average Bonchev–Trinajstić information content (AvgIpc) is 2.59. The molecule has 0 amide bonds. The molecule has 0 fully saturated rings. The van der Waals surface area contributed by atoms with Crippen molar-refractivity contribution in [1.29, 1.82) is 0 Å². The first-order valence-electron chi connectivity index (χ1n) is 7.31. The molecule has 2 unspecified atom stereocenters. The standard InChI is InChI=1S/C16H29NO/c1-7-9-17-15(10-11(3)8-2)16-12(4)13(5)18-14(16)6/h11,15,17H,7-10H2,1-6H3. The average molecular weight is 251 g/mol. The van der Waals surface area contributed by atoms with E-state index >= 15 is 0 Å². The van der Waals surface area contributed by atoms with Gasteiger partial charge in [-0.2, -0.15) is 0 Å². The van der Waals surface area contributed by atoms with Gasteiger partial charge in [-0.05, 0) is 51.6 Å². The molecule has 1 rings (SSSR count). The SMILES string of the molecule is CCCNC(CC(C)CC)c1c(C)oc(C)c1C. The summed E-state index contributed by atoms with van der Waals surface area (Å²) in [6.45, 7) is 14.2. The van der Waals surface area contributed by atoms with E-state index in [1.807, 2.05) is 0 Å². The molecule has 104 valence electrons. The summed E-state index contributed by atoms with van der Waals surface area (Å²) in [7, 11) is 0. The lowest BCUT2D eigenvalue weighted by Gasteiger charge is -2.22. The first-order chi connectivity index (χ1) is 8.51. The molecule has 0 aliphatic carbocycles. The molecular weight excluding hydrogens is 222 g/mol. The summed E-state index contributed by atoms with van der Waals surface area (Å²) >= 11 is 0. The van der Waals surface area contributed by atoms with Crippen LogP contribution in [0.1, 0.15) is 68.7 Å². The Bertz CT molecular complexity index is 367. The first-order valence-corrected chi connectivity index (χ1v) is 7.31. The molecule has 0 aliphatic rings. The lowest BCUT2D eigenvalue weighted by molar-refractivity contribution is 0.395. The van der Waals surface area contributed by atoms with Crippen molar-refractivity contribution in [2.45, 2.75) is 66.8 Å². The summed E-state index contributed by atoms with van der Waals surface area (Å²) in [5.74, 6) is 2.89. The van der Waals surface area contributed by atoms with Gasteiger partial charge in [0.15, 0.2) is 0 Å². The highest BCUT2D eigenvalue weighted by Gasteiger charge is 2.21. The Morgan fingerprint density at radius 3 is 2.22 bits per heavy atom. The molecule has 1 heterocycles. The van der Waals surface area contributed by atoms with Crippen molar-refractivity contribution in [1.82, 2.24) is 5.32 Å². The van der Waals surface area contributed by atoms with E-state index in [9.17, 15) is 0 Å². The van der Waals surface area contributed by atoms with Gasteiger partial charge in [-0.3, -0.25) is 0 Å². The molecule has 0 saturated heterocycles. The van der Waals surface area contributed by atoms with Gasteiger partial charge in [-0.25, -0.2) is 0 Å². The van der Waals surface area contributed by atoms with Gasteiger partial charge in [0.1, 0.15) is 11.5 Å². The lowest BCUT2D eigenvalue weighted by Crippen LogP contribution is -2.24. The quantitative estimate of drug-likeness (QED) is 0.761. The zero-order valence-electron chi connectivity index (χ0n) is 12.9. The van der Waals surface area contributed by atoms with Gasteiger partial charge in [0.25, 0.3) is 0 Å². The van der Waals surface area contributed by atoms with Crippen molar-refractivity contribution in [3.63, 3.8) is 0 Å². The highest BCUT2D eigenvalue weighted by atomic mass is 16.3. The zero-order valence-corrected chi connectivity index (χ0v) is 12.9. The van der Waals surface area contributed by atoms with Crippen LogP contribution >= 0.6 is 0 Å². The molecule has 0 spiro atoms. The third-order valence-corrected chi connectivity index (χ3v) is 3.94. The molecule has 2 atom stereocenters. The maximum absolute atomic E-state index is 5.78. The van der Waals surface area contributed by atoms with Crippen molar-refractivity contribution >= 4 is 0 Å². The lowest BCUT2D eigenvalue weighted by atomic mass is 9.92. The van der Waals surface area contributed by atoms with Gasteiger partial charge in [-0.1, -0.05) is 27.2 Å². The fourth-order valence-electron chi connectivity index (χ4n) is 2.51. The monoisotopic (exact) mass is 251 g/mol. The van der Waals surface area contributed by atoms with E-state index < -0.39 is 0 Å². The Morgan fingerprint density at radius 1 is 1.11 bits per heavy atom. The number of hydrogen-bond acceptors (Lipinski definition) is 2. The van der Waals surface area contributed by atoms with Crippen LogP contribution in [-0.4, -0.2) is 6.54 Å². The van der Waals surface area contributed by atoms with Gasteiger partial charge in [-0.15, -0.1) is 0 Å². The Morgan fingerprint density at radius 2 is 1.78 bits per heavy atom. The van der Waals surface area contributed by atoms with E-state index in [0.29, 0.717) is 6.04 Å². The van der Waals surface area contributed by atoms with Gasteiger partial charge in [0, 0.05) is 11.6 Å². The maximum Gasteiger partial charge on any atom is 0.106 e. The Hall–Kier alpha value is -0.760. The van der Waals surface area contributed by atoms with Crippen molar-refractivity contribution in [2.24, 2.45) is 5.92 Å². The predicted octanol–water partition coefficient (Wildman–Crippen LogP) is 4.68. The van der Waals surface area contributed by atoms with Gasteiger partial charge in [0.05, 0.1) is 0 Å². The Kier molecular flexibility index (Phi) is 5.94. The highest BCUT2D eigenvalue weighted by molar-refractivity contribution is 5.34. The van der Waals surface area contributed by atoms with Gasteiger partial charge >= 0.3 is 0 Å². The van der Waals surface area contributed by atoms with Crippen LogP contribution in [0.5, 0.6) is 0 Å². The number of rotatable bonds is 7. The second-order valence-electron chi connectivity index (χ2n) is 5.51. The van der Waals surface area contributed by atoms with E-state index in [2.05, 4.69) is 46.9 Å². The van der Waals surface area contributed by atoms with Crippen LogP contribution in [0, 0.1) is 26.7 Å². The number of nitrogens with one attached hydrogen (secondary N) is 1. The molecule has 0 aromatic carbocycles. The second kappa shape index (κ2) is 6.98. The zero-order chi connectivity index (χ0) is 13.7.